The molecule has 2 rings (SSSR count). The molecule has 0 aliphatic heterocycles. The van der Waals surface area contributed by atoms with Crippen LogP contribution in [0.4, 0.5) is 0 Å². The summed E-state index contributed by atoms with van der Waals surface area (Å²) in [6.45, 7) is 30.3. The molecular weight excluding hydrogens is 372 g/mol. The van der Waals surface area contributed by atoms with Crippen LogP contribution in [0.25, 0.3) is 0 Å². The van der Waals surface area contributed by atoms with Gasteiger partial charge in [0.1, 0.15) is 0 Å². The van der Waals surface area contributed by atoms with Crippen LogP contribution in [0, 0.1) is 0 Å². The lowest BCUT2D eigenvalue weighted by Gasteiger charge is -2.30. The van der Waals surface area contributed by atoms with Gasteiger partial charge in [0.2, 0.25) is 0 Å². The van der Waals surface area contributed by atoms with Gasteiger partial charge in [-0.1, -0.05) is 126 Å². The second-order valence-electron chi connectivity index (χ2n) is 13.8. The lowest BCUT2D eigenvalue weighted by atomic mass is 9.75. The van der Waals surface area contributed by atoms with Gasteiger partial charge in [-0.2, -0.15) is 0 Å². The molecule has 0 aliphatic carbocycles. The van der Waals surface area contributed by atoms with Gasteiger partial charge in [0.25, 0.3) is 0 Å². The Labute approximate surface area is 193 Å². The normalized spacial score (nSPS) is 14.6. The van der Waals surface area contributed by atoms with Crippen LogP contribution in [0.2, 0.25) is 0 Å². The summed E-state index contributed by atoms with van der Waals surface area (Å²) in [5, 5.41) is 0. The molecular formula is C31H48. The van der Waals surface area contributed by atoms with Crippen LogP contribution in [0.3, 0.4) is 0 Å². The van der Waals surface area contributed by atoms with E-state index in [1.165, 1.54) is 33.4 Å². The molecule has 0 aliphatic rings. The van der Waals surface area contributed by atoms with Crippen LogP contribution < -0.4 is 0 Å². The quantitative estimate of drug-likeness (QED) is 0.464. The summed E-state index contributed by atoms with van der Waals surface area (Å²) in [6, 6.07) is 14.6. The highest BCUT2D eigenvalue weighted by Gasteiger charge is 2.25. The van der Waals surface area contributed by atoms with E-state index in [2.05, 4.69) is 126 Å². The predicted octanol–water partition coefficient (Wildman–Crippen LogP) is 9.22. The van der Waals surface area contributed by atoms with Gasteiger partial charge in [-0.3, -0.25) is 0 Å². The molecule has 1 unspecified atom stereocenters. The van der Waals surface area contributed by atoms with Crippen molar-refractivity contribution < 1.29 is 0 Å². The van der Waals surface area contributed by atoms with E-state index >= 15 is 0 Å². The zero-order valence-corrected chi connectivity index (χ0v) is 22.7. The average molecular weight is 421 g/mol. The first-order valence-electron chi connectivity index (χ1n) is 12.1. The molecule has 0 spiro atoms. The van der Waals surface area contributed by atoms with Gasteiger partial charge in [-0.05, 0) is 67.4 Å². The van der Waals surface area contributed by atoms with Crippen LogP contribution in [0.5, 0.6) is 0 Å². The molecule has 0 amide bonds. The minimum Gasteiger partial charge on any atom is -0.0582 e. The first kappa shape index (κ1) is 25.7. The molecule has 0 bridgehead atoms. The Hall–Kier alpha value is -1.56. The SMILES string of the molecule is CC(Cc1cc(C(C)(C)C)ccc1C(C)(C)C)c1cc(C(C)(C)C)cc(C(C)(C)C)c1. The first-order chi connectivity index (χ1) is 13.8. The monoisotopic (exact) mass is 420 g/mol. The molecule has 0 heterocycles. The topological polar surface area (TPSA) is 0 Å². The Morgan fingerprint density at radius 1 is 0.548 bits per heavy atom. The molecule has 0 heteroatoms. The summed E-state index contributed by atoms with van der Waals surface area (Å²) < 4.78 is 0. The summed E-state index contributed by atoms with van der Waals surface area (Å²) in [5.41, 5.74) is 9.40. The van der Waals surface area contributed by atoms with Crippen molar-refractivity contribution in [1.82, 2.24) is 0 Å². The summed E-state index contributed by atoms with van der Waals surface area (Å²) in [5.74, 6) is 0.472. The fraction of sp³-hybridized carbons (Fsp3) is 0.613. The summed E-state index contributed by atoms with van der Waals surface area (Å²) in [6.07, 6.45) is 1.08. The molecule has 0 radical (unpaired) electrons. The Kier molecular flexibility index (Phi) is 6.98. The van der Waals surface area contributed by atoms with Crippen molar-refractivity contribution in [2.45, 2.75) is 124 Å². The Balaban J connectivity index is 2.57. The van der Waals surface area contributed by atoms with Gasteiger partial charge >= 0.3 is 0 Å². The molecule has 0 N–H and O–H groups in total. The van der Waals surface area contributed by atoms with Crippen molar-refractivity contribution in [2.24, 2.45) is 0 Å². The fourth-order valence-electron chi connectivity index (χ4n) is 4.21. The van der Waals surface area contributed by atoms with Crippen molar-refractivity contribution in [2.75, 3.05) is 0 Å². The molecule has 172 valence electrons. The van der Waals surface area contributed by atoms with Gasteiger partial charge in [-0.25, -0.2) is 0 Å². The second kappa shape index (κ2) is 8.42. The van der Waals surface area contributed by atoms with E-state index in [1.54, 1.807) is 0 Å². The van der Waals surface area contributed by atoms with Gasteiger partial charge in [0, 0.05) is 0 Å². The van der Waals surface area contributed by atoms with Crippen molar-refractivity contribution in [3.8, 4) is 0 Å². The van der Waals surface area contributed by atoms with Crippen molar-refractivity contribution >= 4 is 0 Å². The molecule has 2 aromatic carbocycles. The van der Waals surface area contributed by atoms with Gasteiger partial charge < -0.3 is 0 Å². The Morgan fingerprint density at radius 3 is 1.39 bits per heavy atom. The zero-order chi connectivity index (χ0) is 24.0. The standard InChI is InChI=1S/C31H48/c1-21(22-17-25(29(5,6)7)20-26(18-22)30(8,9)10)16-23-19-24(28(2,3)4)14-15-27(23)31(11,12)13/h14-15,17-21H,16H2,1-13H3. The lowest BCUT2D eigenvalue weighted by Crippen LogP contribution is -2.19. The molecule has 0 saturated carbocycles. The number of hydrogen-bond acceptors (Lipinski definition) is 0. The summed E-state index contributed by atoms with van der Waals surface area (Å²) in [7, 11) is 0. The van der Waals surface area contributed by atoms with Crippen LogP contribution >= 0.6 is 0 Å². The van der Waals surface area contributed by atoms with E-state index in [0.29, 0.717) is 5.92 Å². The van der Waals surface area contributed by atoms with Crippen molar-refractivity contribution in [1.29, 1.82) is 0 Å². The molecule has 1 atom stereocenters. The van der Waals surface area contributed by atoms with E-state index in [1.807, 2.05) is 0 Å². The third-order valence-electron chi connectivity index (χ3n) is 6.56. The highest BCUT2D eigenvalue weighted by molar-refractivity contribution is 5.42. The number of benzene rings is 2. The molecule has 0 fully saturated rings. The highest BCUT2D eigenvalue weighted by Crippen LogP contribution is 2.36. The first-order valence-corrected chi connectivity index (χ1v) is 12.1. The molecule has 2 aromatic rings. The van der Waals surface area contributed by atoms with E-state index in [0.717, 1.165) is 6.42 Å². The maximum absolute atomic E-state index is 2.48. The summed E-state index contributed by atoms with van der Waals surface area (Å²) in [4.78, 5) is 0. The number of hydrogen-bond donors (Lipinski definition) is 0. The lowest BCUT2D eigenvalue weighted by molar-refractivity contribution is 0.559. The average Bonchev–Trinajstić information content (AvgIpc) is 2.58. The largest absolute Gasteiger partial charge is 0.0582 e. The minimum atomic E-state index is 0.148. The fourth-order valence-corrected chi connectivity index (χ4v) is 4.21. The van der Waals surface area contributed by atoms with E-state index < -0.39 is 0 Å². The minimum absolute atomic E-state index is 0.148. The Bertz CT molecular complexity index is 867. The van der Waals surface area contributed by atoms with Crippen LogP contribution in [-0.4, -0.2) is 0 Å². The maximum atomic E-state index is 2.48. The van der Waals surface area contributed by atoms with Gasteiger partial charge in [0.15, 0.2) is 0 Å². The van der Waals surface area contributed by atoms with Crippen LogP contribution in [0.15, 0.2) is 36.4 Å². The van der Waals surface area contributed by atoms with Crippen molar-refractivity contribution in [3.63, 3.8) is 0 Å². The van der Waals surface area contributed by atoms with Crippen molar-refractivity contribution in [3.05, 3.63) is 69.8 Å². The molecule has 31 heavy (non-hydrogen) atoms. The van der Waals surface area contributed by atoms with Gasteiger partial charge in [-0.15, -0.1) is 0 Å². The molecule has 0 nitrogen and oxygen atoms in total. The Morgan fingerprint density at radius 2 is 1.00 bits per heavy atom. The summed E-state index contributed by atoms with van der Waals surface area (Å²) >= 11 is 0. The molecule has 0 saturated heterocycles. The molecule has 0 aromatic heterocycles. The third kappa shape index (κ3) is 6.47. The predicted molar refractivity (Wildman–Crippen MR) is 140 cm³/mol. The van der Waals surface area contributed by atoms with E-state index in [4.69, 9.17) is 0 Å². The second-order valence-corrected chi connectivity index (χ2v) is 13.8. The third-order valence-corrected chi connectivity index (χ3v) is 6.56. The van der Waals surface area contributed by atoms with E-state index in [9.17, 15) is 0 Å². The number of rotatable bonds is 3. The smallest absolute Gasteiger partial charge is 0.0129 e. The van der Waals surface area contributed by atoms with E-state index in [-0.39, 0.29) is 21.7 Å². The highest BCUT2D eigenvalue weighted by atomic mass is 14.3. The maximum Gasteiger partial charge on any atom is -0.0129 e. The van der Waals surface area contributed by atoms with Gasteiger partial charge in [0.05, 0.1) is 0 Å². The zero-order valence-electron chi connectivity index (χ0n) is 22.7. The van der Waals surface area contributed by atoms with Crippen LogP contribution in [0.1, 0.15) is 129 Å². The van der Waals surface area contributed by atoms with Crippen LogP contribution in [-0.2, 0) is 28.1 Å².